The van der Waals surface area contributed by atoms with Gasteiger partial charge in [0.1, 0.15) is 5.75 Å². The summed E-state index contributed by atoms with van der Waals surface area (Å²) in [5, 5.41) is 4.74. The van der Waals surface area contributed by atoms with Gasteiger partial charge in [-0.05, 0) is 43.2 Å². The molecule has 7 nitrogen and oxygen atoms in total. The molecular weight excluding hydrogens is 406 g/mol. The van der Waals surface area contributed by atoms with Crippen molar-refractivity contribution in [2.45, 2.75) is 20.0 Å². The van der Waals surface area contributed by atoms with Crippen molar-refractivity contribution in [1.82, 2.24) is 15.0 Å². The van der Waals surface area contributed by atoms with Gasteiger partial charge in [-0.25, -0.2) is 0 Å². The summed E-state index contributed by atoms with van der Waals surface area (Å²) in [6, 6.07) is 13.1. The van der Waals surface area contributed by atoms with Gasteiger partial charge >= 0.3 is 0 Å². The molecule has 30 heavy (non-hydrogen) atoms. The average molecular weight is 428 g/mol. The molecule has 1 aromatic heterocycles. The third kappa shape index (κ3) is 4.47. The van der Waals surface area contributed by atoms with E-state index in [2.05, 4.69) is 10.1 Å². The lowest BCUT2D eigenvalue weighted by Crippen LogP contribution is -2.44. The van der Waals surface area contributed by atoms with Crippen LogP contribution in [-0.2, 0) is 9.53 Å². The molecule has 2 heterocycles. The minimum Gasteiger partial charge on any atom is -0.484 e. The van der Waals surface area contributed by atoms with Crippen LogP contribution in [0.1, 0.15) is 23.1 Å². The molecular formula is C22H22ClN3O4. The molecule has 8 heteroatoms. The summed E-state index contributed by atoms with van der Waals surface area (Å²) in [7, 11) is 0. The molecule has 0 N–H and O–H groups in total. The van der Waals surface area contributed by atoms with Gasteiger partial charge in [-0.2, -0.15) is 4.98 Å². The first-order valence-electron chi connectivity index (χ1n) is 9.69. The average Bonchev–Trinajstić information content (AvgIpc) is 3.25. The van der Waals surface area contributed by atoms with Crippen LogP contribution in [0, 0.1) is 13.8 Å². The van der Waals surface area contributed by atoms with E-state index in [1.807, 2.05) is 44.2 Å². The predicted molar refractivity (Wildman–Crippen MR) is 111 cm³/mol. The second-order valence-corrected chi connectivity index (χ2v) is 7.58. The van der Waals surface area contributed by atoms with Crippen LogP contribution in [-0.4, -0.2) is 47.3 Å². The van der Waals surface area contributed by atoms with E-state index in [-0.39, 0.29) is 12.5 Å². The zero-order valence-corrected chi connectivity index (χ0v) is 17.6. The minimum absolute atomic E-state index is 0.0634. The third-order valence-corrected chi connectivity index (χ3v) is 5.44. The highest BCUT2D eigenvalue weighted by atomic mass is 35.5. The zero-order valence-electron chi connectivity index (χ0n) is 16.8. The number of nitrogens with zero attached hydrogens (tertiary/aromatic N) is 3. The molecule has 0 saturated carbocycles. The van der Waals surface area contributed by atoms with Crippen molar-refractivity contribution in [3.63, 3.8) is 0 Å². The third-order valence-electron chi connectivity index (χ3n) is 5.01. The Balaban J connectivity index is 1.39. The van der Waals surface area contributed by atoms with Crippen molar-refractivity contribution < 1.29 is 18.8 Å². The van der Waals surface area contributed by atoms with Gasteiger partial charge in [0.2, 0.25) is 5.82 Å². The lowest BCUT2D eigenvalue weighted by atomic mass is 10.1. The molecule has 0 unspecified atom stereocenters. The van der Waals surface area contributed by atoms with E-state index in [0.29, 0.717) is 42.2 Å². The summed E-state index contributed by atoms with van der Waals surface area (Å²) in [5.41, 5.74) is 2.86. The molecule has 1 atom stereocenters. The molecule has 3 aromatic rings. The number of morpholine rings is 1. The number of benzene rings is 2. The van der Waals surface area contributed by atoms with Gasteiger partial charge in [0.25, 0.3) is 11.8 Å². The number of carbonyl (C=O) groups is 1. The topological polar surface area (TPSA) is 77.7 Å². The second-order valence-electron chi connectivity index (χ2n) is 7.17. The van der Waals surface area contributed by atoms with Gasteiger partial charge < -0.3 is 18.9 Å². The highest BCUT2D eigenvalue weighted by molar-refractivity contribution is 6.31. The van der Waals surface area contributed by atoms with Crippen LogP contribution in [0.3, 0.4) is 0 Å². The fourth-order valence-electron chi connectivity index (χ4n) is 3.27. The lowest BCUT2D eigenvalue weighted by molar-refractivity contribution is -0.142. The molecule has 0 bridgehead atoms. The Morgan fingerprint density at radius 1 is 1.23 bits per heavy atom. The van der Waals surface area contributed by atoms with Crippen LogP contribution in [0.5, 0.6) is 5.75 Å². The molecule has 1 aliphatic heterocycles. The molecule has 156 valence electrons. The van der Waals surface area contributed by atoms with Gasteiger partial charge in [0.05, 0.1) is 13.2 Å². The quantitative estimate of drug-likeness (QED) is 0.612. The summed E-state index contributed by atoms with van der Waals surface area (Å²) in [6.45, 7) is 5.02. The maximum absolute atomic E-state index is 12.6. The normalized spacial score (nSPS) is 16.5. The number of hydrogen-bond acceptors (Lipinski definition) is 6. The Morgan fingerprint density at radius 2 is 2.07 bits per heavy atom. The second kappa shape index (κ2) is 8.85. The summed E-state index contributed by atoms with van der Waals surface area (Å²) in [5.74, 6) is 1.35. The summed E-state index contributed by atoms with van der Waals surface area (Å²) in [6.07, 6.45) is -0.467. The summed E-state index contributed by atoms with van der Waals surface area (Å²) < 4.78 is 16.8. The standard InChI is InChI=1S/C22H22ClN3O4/c1-14-5-3-4-6-17(14)21-24-22(30-25-21)19-12-26(9-10-28-19)20(27)13-29-16-7-8-18(23)15(2)11-16/h3-8,11,19H,9-10,12-13H2,1-2H3/t19-/m0/s1. The van der Waals surface area contributed by atoms with Crippen molar-refractivity contribution in [2.75, 3.05) is 26.3 Å². The fourth-order valence-corrected chi connectivity index (χ4v) is 3.39. The number of carbonyl (C=O) groups excluding carboxylic acids is 1. The first kappa shape index (κ1) is 20.4. The van der Waals surface area contributed by atoms with Crippen LogP contribution in [0.15, 0.2) is 47.0 Å². The largest absolute Gasteiger partial charge is 0.484 e. The maximum Gasteiger partial charge on any atom is 0.260 e. The number of ether oxygens (including phenoxy) is 2. The van der Waals surface area contributed by atoms with Crippen LogP contribution in [0.25, 0.3) is 11.4 Å². The number of aryl methyl sites for hydroxylation is 2. The Hall–Kier alpha value is -2.90. The first-order valence-corrected chi connectivity index (χ1v) is 10.1. The summed E-state index contributed by atoms with van der Waals surface area (Å²) in [4.78, 5) is 18.8. The van der Waals surface area contributed by atoms with E-state index < -0.39 is 6.10 Å². The molecule has 1 fully saturated rings. The smallest absolute Gasteiger partial charge is 0.260 e. The zero-order chi connectivity index (χ0) is 21.1. The highest BCUT2D eigenvalue weighted by Gasteiger charge is 2.30. The van der Waals surface area contributed by atoms with Crippen molar-refractivity contribution in [3.05, 3.63) is 64.5 Å². The number of hydrogen-bond donors (Lipinski definition) is 0. The van der Waals surface area contributed by atoms with E-state index in [1.165, 1.54) is 0 Å². The Labute approximate surface area is 179 Å². The van der Waals surface area contributed by atoms with Crippen molar-refractivity contribution in [2.24, 2.45) is 0 Å². The molecule has 0 radical (unpaired) electrons. The van der Waals surface area contributed by atoms with Crippen molar-refractivity contribution in [1.29, 1.82) is 0 Å². The Morgan fingerprint density at radius 3 is 2.87 bits per heavy atom. The van der Waals surface area contributed by atoms with E-state index in [0.717, 1.165) is 16.7 Å². The number of amides is 1. The Kier molecular flexibility index (Phi) is 6.01. The van der Waals surface area contributed by atoms with Crippen LogP contribution < -0.4 is 4.74 Å². The number of rotatable bonds is 5. The molecule has 0 spiro atoms. The van der Waals surface area contributed by atoms with Gasteiger partial charge in [-0.1, -0.05) is 41.0 Å². The summed E-state index contributed by atoms with van der Waals surface area (Å²) >= 11 is 6.02. The molecule has 0 aliphatic carbocycles. The Bertz CT molecular complexity index is 1050. The minimum atomic E-state index is -0.467. The van der Waals surface area contributed by atoms with Crippen LogP contribution in [0.4, 0.5) is 0 Å². The van der Waals surface area contributed by atoms with Crippen molar-refractivity contribution >= 4 is 17.5 Å². The fraction of sp³-hybridized carbons (Fsp3) is 0.318. The van der Waals surface area contributed by atoms with E-state index in [4.69, 9.17) is 25.6 Å². The molecule has 1 amide bonds. The predicted octanol–water partition coefficient (Wildman–Crippen LogP) is 3.99. The molecule has 4 rings (SSSR count). The monoisotopic (exact) mass is 427 g/mol. The first-order chi connectivity index (χ1) is 14.5. The molecule has 1 saturated heterocycles. The van der Waals surface area contributed by atoms with Gasteiger partial charge in [-0.3, -0.25) is 4.79 Å². The van der Waals surface area contributed by atoms with Crippen LogP contribution in [0.2, 0.25) is 5.02 Å². The van der Waals surface area contributed by atoms with E-state index >= 15 is 0 Å². The lowest BCUT2D eigenvalue weighted by Gasteiger charge is -2.31. The number of halogens is 1. The van der Waals surface area contributed by atoms with Crippen LogP contribution >= 0.6 is 11.6 Å². The molecule has 2 aromatic carbocycles. The maximum atomic E-state index is 12.6. The molecule has 1 aliphatic rings. The van der Waals surface area contributed by atoms with Crippen molar-refractivity contribution in [3.8, 4) is 17.1 Å². The number of aromatic nitrogens is 2. The SMILES string of the molecule is Cc1cc(OCC(=O)N2CCO[C@H](c3nc(-c4ccccc4C)no3)C2)ccc1Cl. The van der Waals surface area contributed by atoms with Gasteiger partial charge in [0, 0.05) is 17.1 Å². The van der Waals surface area contributed by atoms with E-state index in [1.54, 1.807) is 17.0 Å². The van der Waals surface area contributed by atoms with Gasteiger partial charge in [0.15, 0.2) is 12.7 Å². The van der Waals surface area contributed by atoms with Gasteiger partial charge in [-0.15, -0.1) is 0 Å². The highest BCUT2D eigenvalue weighted by Crippen LogP contribution is 2.26. The van der Waals surface area contributed by atoms with E-state index in [9.17, 15) is 4.79 Å².